The van der Waals surface area contributed by atoms with Crippen molar-refractivity contribution in [2.45, 2.75) is 122 Å². The molecule has 0 radical (unpaired) electrons. The molecule has 0 heterocycles. The molecule has 0 aliphatic carbocycles. The highest BCUT2D eigenvalue weighted by Gasteiger charge is 2.36. The lowest BCUT2D eigenvalue weighted by molar-refractivity contribution is -0.151. The fourth-order valence-corrected chi connectivity index (χ4v) is 5.69. The van der Waals surface area contributed by atoms with Crippen molar-refractivity contribution in [1.82, 2.24) is 0 Å². The molecule has 2 unspecified atom stereocenters. The molecule has 6 N–H and O–H groups in total. The van der Waals surface area contributed by atoms with E-state index in [0.29, 0.717) is 75.7 Å². The predicted octanol–water partition coefficient (Wildman–Crippen LogP) is 6.82. The Kier molecular flexibility index (Phi) is 35.5. The van der Waals surface area contributed by atoms with E-state index in [9.17, 15) is 33.9 Å². The second-order valence-corrected chi connectivity index (χ2v) is 13.4. The van der Waals surface area contributed by atoms with Gasteiger partial charge in [-0.3, -0.25) is 28.8 Å². The first kappa shape index (κ1) is 50.6. The molecule has 0 fully saturated rings. The number of rotatable bonds is 29. The van der Waals surface area contributed by atoms with Gasteiger partial charge >= 0.3 is 35.8 Å². The summed E-state index contributed by atoms with van der Waals surface area (Å²) in [6, 6.07) is 0. The number of hydrogen-bond acceptors (Lipinski definition) is 10. The van der Waals surface area contributed by atoms with E-state index in [1.807, 2.05) is 0 Å². The quantitative estimate of drug-likeness (QED) is 0.0280. The predicted molar refractivity (Wildman–Crippen MR) is 198 cm³/mol. The van der Waals surface area contributed by atoms with Crippen LogP contribution >= 0.6 is 50.5 Å². The summed E-state index contributed by atoms with van der Waals surface area (Å²) in [5.74, 6) is -3.06. The largest absolute Gasteiger partial charge is 0.481 e. The van der Waals surface area contributed by atoms with Crippen molar-refractivity contribution in [2.24, 2.45) is 17.3 Å². The third kappa shape index (κ3) is 31.5. The minimum atomic E-state index is -0.872. The van der Waals surface area contributed by atoms with Gasteiger partial charge in [-0.1, -0.05) is 12.8 Å². The van der Waals surface area contributed by atoms with Gasteiger partial charge in [-0.15, -0.1) is 0 Å². The minimum Gasteiger partial charge on any atom is -0.481 e. The van der Waals surface area contributed by atoms with E-state index in [2.05, 4.69) is 50.5 Å². The van der Waals surface area contributed by atoms with Crippen LogP contribution in [0.15, 0.2) is 0 Å². The second kappa shape index (κ2) is 33.7. The molecule has 2 atom stereocenters. The summed E-state index contributed by atoms with van der Waals surface area (Å²) in [6.45, 7) is 0. The molecule has 0 aromatic carbocycles. The van der Waals surface area contributed by atoms with Gasteiger partial charge in [0.05, 0.1) is 17.3 Å². The smallest absolute Gasteiger partial charge is 0.309 e. The van der Waals surface area contributed by atoms with Gasteiger partial charge in [0.15, 0.2) is 0 Å². The molecule has 0 aliphatic heterocycles. The topological polar surface area (TPSA) is 224 Å². The van der Waals surface area contributed by atoms with Crippen LogP contribution in [0.1, 0.15) is 122 Å². The van der Waals surface area contributed by atoms with E-state index in [-0.39, 0.29) is 19.3 Å². The Morgan fingerprint density at radius 1 is 0.417 bits per heavy atom. The van der Waals surface area contributed by atoms with Crippen LogP contribution in [0.5, 0.6) is 0 Å². The van der Waals surface area contributed by atoms with Gasteiger partial charge in [-0.05, 0) is 113 Å². The van der Waals surface area contributed by atoms with Crippen LogP contribution in [0.2, 0.25) is 0 Å². The molecule has 0 rings (SSSR count). The van der Waals surface area contributed by atoms with Gasteiger partial charge < -0.3 is 30.6 Å². The van der Waals surface area contributed by atoms with Gasteiger partial charge in [0.2, 0.25) is 0 Å². The summed E-state index contributed by atoms with van der Waals surface area (Å²) in [6.07, 6.45) is 10.0. The van der Waals surface area contributed by atoms with Crippen LogP contribution in [0.4, 0.5) is 0 Å². The highest BCUT2D eigenvalue weighted by Crippen LogP contribution is 2.37. The first-order valence-electron chi connectivity index (χ1n) is 16.4. The van der Waals surface area contributed by atoms with Gasteiger partial charge in [0.1, 0.15) is 0 Å². The van der Waals surface area contributed by atoms with Crippen molar-refractivity contribution in [1.29, 1.82) is 0 Å². The first-order valence-corrected chi connectivity index (χ1v) is 18.9. The van der Waals surface area contributed by atoms with Crippen LogP contribution in [0.25, 0.3) is 0 Å². The van der Waals surface area contributed by atoms with Crippen LogP contribution in [0, 0.1) is 17.3 Å². The molecule has 282 valence electrons. The first-order chi connectivity index (χ1) is 22.6. The van der Waals surface area contributed by atoms with Gasteiger partial charge in [0, 0.05) is 19.3 Å². The zero-order valence-electron chi connectivity index (χ0n) is 27.8. The number of aliphatic carboxylic acids is 6. The maximum Gasteiger partial charge on any atom is 0.309 e. The number of carboxylic acid groups (broad SMARTS) is 6. The van der Waals surface area contributed by atoms with Crippen molar-refractivity contribution in [3.63, 3.8) is 0 Å². The Morgan fingerprint density at radius 3 is 0.979 bits per heavy atom. The number of thiol groups is 4. The molecule has 0 spiro atoms. The summed E-state index contributed by atoms with van der Waals surface area (Å²) in [5.41, 5.74) is -0.776. The monoisotopic (exact) mass is 762 g/mol. The summed E-state index contributed by atoms with van der Waals surface area (Å²) >= 11 is 16.3. The Morgan fingerprint density at radius 2 is 0.708 bits per heavy atom. The van der Waals surface area contributed by atoms with Gasteiger partial charge in [-0.2, -0.15) is 50.5 Å². The van der Waals surface area contributed by atoms with Gasteiger partial charge in [-0.25, -0.2) is 0 Å². The van der Waals surface area contributed by atoms with Crippen LogP contribution in [-0.4, -0.2) is 89.5 Å². The maximum absolute atomic E-state index is 11.7. The van der Waals surface area contributed by atoms with Crippen molar-refractivity contribution < 1.29 is 59.4 Å². The molecule has 0 bridgehead atoms. The molecule has 0 aromatic rings. The lowest BCUT2D eigenvalue weighted by Crippen LogP contribution is -2.31. The molecule has 12 nitrogen and oxygen atoms in total. The van der Waals surface area contributed by atoms with E-state index in [1.54, 1.807) is 0 Å². The van der Waals surface area contributed by atoms with E-state index in [4.69, 9.17) is 25.5 Å². The SMILES string of the molecule is O=C(O)CCCC(CCCCS)(CCCCS)C(=O)O.O=C(O)CCCC(CCCS)C(=O)O.O=C(O)CCCC(CCCS)C(=O)O. The number of unbranched alkanes of at least 4 members (excludes halogenated alkanes) is 2. The van der Waals surface area contributed by atoms with Gasteiger partial charge in [0.25, 0.3) is 0 Å². The molecular weight excluding hydrogens is 705 g/mol. The number of hydrogen-bond donors (Lipinski definition) is 10. The fourth-order valence-electron chi connectivity index (χ4n) is 4.88. The van der Waals surface area contributed by atoms with E-state index in [1.165, 1.54) is 0 Å². The Bertz CT molecular complexity index is 852. The molecule has 0 saturated carbocycles. The highest BCUT2D eigenvalue weighted by atomic mass is 32.1. The second-order valence-electron chi connectivity index (χ2n) is 11.6. The lowest BCUT2D eigenvalue weighted by atomic mass is 9.74. The zero-order valence-corrected chi connectivity index (χ0v) is 31.4. The molecule has 0 aliphatic rings. The average Bonchev–Trinajstić information content (AvgIpc) is 3.00. The average molecular weight is 763 g/mol. The minimum absolute atomic E-state index is 0.0359. The standard InChI is InChI=1S/C14H26O4S2.2C9H16O4S/c15-12(16)6-5-9-14(13(17)18,7-1-3-10-19)8-2-4-11-20;2*10-8(11)5-1-3-7(9(12)13)4-2-6-14/h19-20H,1-11H2,(H,15,16)(H,17,18);2*7,14H,1-6H2,(H,10,11)(H,12,13). The summed E-state index contributed by atoms with van der Waals surface area (Å²) in [7, 11) is 0. The summed E-state index contributed by atoms with van der Waals surface area (Å²) < 4.78 is 0. The fraction of sp³-hybridized carbons (Fsp3) is 0.812. The summed E-state index contributed by atoms with van der Waals surface area (Å²) in [5, 5.41) is 52.7. The molecule has 0 saturated heterocycles. The highest BCUT2D eigenvalue weighted by molar-refractivity contribution is 7.80. The Labute approximate surface area is 306 Å². The Balaban J connectivity index is -0.000000649. The van der Waals surface area contributed by atoms with Crippen LogP contribution in [0.3, 0.4) is 0 Å². The van der Waals surface area contributed by atoms with E-state index in [0.717, 1.165) is 50.0 Å². The summed E-state index contributed by atoms with van der Waals surface area (Å²) in [4.78, 5) is 64.1. The molecule has 0 aromatic heterocycles. The third-order valence-corrected chi connectivity index (χ3v) is 8.90. The molecular formula is C32H58O12S4. The maximum atomic E-state index is 11.7. The van der Waals surface area contributed by atoms with E-state index >= 15 is 0 Å². The Hall–Kier alpha value is -1.78. The third-order valence-electron chi connectivity index (χ3n) is 7.63. The van der Waals surface area contributed by atoms with Crippen molar-refractivity contribution in [3.8, 4) is 0 Å². The lowest BCUT2D eigenvalue weighted by Gasteiger charge is -2.29. The molecule has 16 heteroatoms. The molecule has 0 amide bonds. The van der Waals surface area contributed by atoms with Crippen molar-refractivity contribution in [3.05, 3.63) is 0 Å². The van der Waals surface area contributed by atoms with E-state index < -0.39 is 53.1 Å². The van der Waals surface area contributed by atoms with Crippen molar-refractivity contribution in [2.75, 3.05) is 23.0 Å². The number of carbonyl (C=O) groups is 6. The number of carboxylic acids is 6. The zero-order chi connectivity index (χ0) is 37.4. The normalized spacial score (nSPS) is 12.0. The van der Waals surface area contributed by atoms with Crippen LogP contribution < -0.4 is 0 Å². The van der Waals surface area contributed by atoms with Crippen LogP contribution in [-0.2, 0) is 28.8 Å². The molecule has 48 heavy (non-hydrogen) atoms. The van der Waals surface area contributed by atoms with Crippen molar-refractivity contribution >= 4 is 86.3 Å².